The number of rotatable bonds is 6. The summed E-state index contributed by atoms with van der Waals surface area (Å²) in [5.74, 6) is 0. The van der Waals surface area contributed by atoms with E-state index in [1.54, 1.807) is 0 Å². The Morgan fingerprint density at radius 1 is 1.33 bits per heavy atom. The van der Waals surface area contributed by atoms with Crippen LogP contribution in [0.4, 0.5) is 5.69 Å². The van der Waals surface area contributed by atoms with E-state index in [2.05, 4.69) is 37.6 Å². The lowest BCUT2D eigenvalue weighted by atomic mass is 10.0. The minimum absolute atomic E-state index is 0.307. The molecule has 1 aromatic rings. The molecule has 1 N–H and O–H groups in total. The molecule has 0 radical (unpaired) electrons. The fourth-order valence-electron chi connectivity index (χ4n) is 2.02. The number of thioether (sulfide) groups is 1. The van der Waals surface area contributed by atoms with Crippen molar-refractivity contribution in [3.8, 4) is 6.07 Å². The van der Waals surface area contributed by atoms with Crippen LogP contribution in [0, 0.1) is 18.3 Å². The van der Waals surface area contributed by atoms with Crippen LogP contribution in [0.5, 0.6) is 0 Å². The van der Waals surface area contributed by atoms with Crippen LogP contribution in [0.2, 0.25) is 0 Å². The normalized spacial score (nSPS) is 11.1. The number of hydrogen-bond acceptors (Lipinski definition) is 3. The van der Waals surface area contributed by atoms with Gasteiger partial charge in [-0.25, -0.2) is 0 Å². The highest BCUT2D eigenvalue weighted by Crippen LogP contribution is 2.30. The van der Waals surface area contributed by atoms with Gasteiger partial charge in [0, 0.05) is 17.0 Å². The first kappa shape index (κ1) is 14.9. The second kappa shape index (κ2) is 6.70. The Morgan fingerprint density at radius 3 is 2.44 bits per heavy atom. The summed E-state index contributed by atoms with van der Waals surface area (Å²) < 4.78 is 0.307. The Hall–Kier alpha value is -1.14. The van der Waals surface area contributed by atoms with Crippen LogP contribution in [0.15, 0.2) is 18.2 Å². The fraction of sp³-hybridized carbons (Fsp3) is 0.533. The summed E-state index contributed by atoms with van der Waals surface area (Å²) in [6.07, 6.45) is 4.50. The van der Waals surface area contributed by atoms with Crippen LogP contribution in [-0.4, -0.2) is 17.5 Å². The van der Waals surface area contributed by atoms with Gasteiger partial charge in [0.1, 0.15) is 0 Å². The van der Waals surface area contributed by atoms with Crippen molar-refractivity contribution in [2.45, 2.75) is 38.4 Å². The molecular formula is C15H22N2S. The predicted octanol–water partition coefficient (Wildman–Crippen LogP) is 4.20. The van der Waals surface area contributed by atoms with E-state index >= 15 is 0 Å². The molecule has 3 heteroatoms. The standard InChI is InChI=1S/C15H22N2S/c1-5-15(6-2,18-4)11-17-14-8-7-13(10-16)12(3)9-14/h7-9,17H,5-6,11H2,1-4H3. The van der Waals surface area contributed by atoms with Gasteiger partial charge in [0.15, 0.2) is 0 Å². The SMILES string of the molecule is CCC(CC)(CNc1ccc(C#N)c(C)c1)SC. The highest BCUT2D eigenvalue weighted by Gasteiger charge is 2.24. The molecule has 0 saturated heterocycles. The van der Waals surface area contributed by atoms with Gasteiger partial charge >= 0.3 is 0 Å². The zero-order chi connectivity index (χ0) is 13.6. The summed E-state index contributed by atoms with van der Waals surface area (Å²) in [6, 6.07) is 8.12. The summed E-state index contributed by atoms with van der Waals surface area (Å²) in [5, 5.41) is 12.4. The molecule has 1 aromatic carbocycles. The minimum atomic E-state index is 0.307. The van der Waals surface area contributed by atoms with E-state index in [0.717, 1.165) is 36.2 Å². The molecule has 18 heavy (non-hydrogen) atoms. The average Bonchev–Trinajstić information content (AvgIpc) is 2.41. The monoisotopic (exact) mass is 262 g/mol. The maximum absolute atomic E-state index is 8.91. The number of aryl methyl sites for hydroxylation is 1. The number of anilines is 1. The van der Waals surface area contributed by atoms with E-state index in [9.17, 15) is 0 Å². The summed E-state index contributed by atoms with van der Waals surface area (Å²) in [7, 11) is 0. The van der Waals surface area contributed by atoms with Crippen LogP contribution >= 0.6 is 11.8 Å². The van der Waals surface area contributed by atoms with Gasteiger partial charge < -0.3 is 5.32 Å². The van der Waals surface area contributed by atoms with Crippen LogP contribution in [0.1, 0.15) is 37.8 Å². The number of nitrogens with one attached hydrogen (secondary N) is 1. The lowest BCUT2D eigenvalue weighted by Gasteiger charge is -2.30. The Balaban J connectivity index is 2.75. The molecule has 0 fully saturated rings. The third kappa shape index (κ3) is 3.43. The van der Waals surface area contributed by atoms with E-state index in [1.165, 1.54) is 0 Å². The summed E-state index contributed by atoms with van der Waals surface area (Å²) >= 11 is 1.93. The maximum Gasteiger partial charge on any atom is 0.0994 e. The third-order valence-electron chi connectivity index (χ3n) is 3.68. The zero-order valence-corrected chi connectivity index (χ0v) is 12.5. The molecule has 1 rings (SSSR count). The van der Waals surface area contributed by atoms with Crippen LogP contribution in [0.25, 0.3) is 0 Å². The van der Waals surface area contributed by atoms with Crippen molar-refractivity contribution < 1.29 is 0 Å². The van der Waals surface area contributed by atoms with Gasteiger partial charge in [0.25, 0.3) is 0 Å². The number of nitrogens with zero attached hydrogens (tertiary/aromatic N) is 1. The molecule has 0 saturated carbocycles. The minimum Gasteiger partial charge on any atom is -0.384 e. The highest BCUT2D eigenvalue weighted by molar-refractivity contribution is 8.00. The number of hydrogen-bond donors (Lipinski definition) is 1. The quantitative estimate of drug-likeness (QED) is 0.834. The fourth-order valence-corrected chi connectivity index (χ4v) is 2.82. The van der Waals surface area contributed by atoms with Crippen LogP contribution in [-0.2, 0) is 0 Å². The van der Waals surface area contributed by atoms with Crippen LogP contribution < -0.4 is 5.32 Å². The van der Waals surface area contributed by atoms with E-state index in [1.807, 2.05) is 30.8 Å². The molecule has 0 bridgehead atoms. The second-order valence-electron chi connectivity index (χ2n) is 4.59. The largest absolute Gasteiger partial charge is 0.384 e. The third-order valence-corrected chi connectivity index (χ3v) is 5.27. The summed E-state index contributed by atoms with van der Waals surface area (Å²) in [5.41, 5.74) is 2.89. The zero-order valence-electron chi connectivity index (χ0n) is 11.7. The Bertz CT molecular complexity index is 422. The molecule has 0 unspecified atom stereocenters. The van der Waals surface area contributed by atoms with E-state index in [-0.39, 0.29) is 0 Å². The first-order valence-electron chi connectivity index (χ1n) is 6.40. The first-order chi connectivity index (χ1) is 8.60. The van der Waals surface area contributed by atoms with Crippen molar-refractivity contribution in [2.24, 2.45) is 0 Å². The first-order valence-corrected chi connectivity index (χ1v) is 7.63. The van der Waals surface area contributed by atoms with E-state index in [4.69, 9.17) is 5.26 Å². The van der Waals surface area contributed by atoms with Crippen molar-refractivity contribution in [3.05, 3.63) is 29.3 Å². The smallest absolute Gasteiger partial charge is 0.0994 e. The molecule has 2 nitrogen and oxygen atoms in total. The Kier molecular flexibility index (Phi) is 5.55. The molecule has 0 amide bonds. The second-order valence-corrected chi connectivity index (χ2v) is 5.86. The molecule has 0 spiro atoms. The van der Waals surface area contributed by atoms with E-state index in [0.29, 0.717) is 4.75 Å². The molecule has 0 aliphatic carbocycles. The maximum atomic E-state index is 8.91. The molecular weight excluding hydrogens is 240 g/mol. The van der Waals surface area contributed by atoms with Crippen molar-refractivity contribution in [3.63, 3.8) is 0 Å². The van der Waals surface area contributed by atoms with Gasteiger partial charge in [-0.15, -0.1) is 0 Å². The van der Waals surface area contributed by atoms with Crippen molar-refractivity contribution >= 4 is 17.4 Å². The van der Waals surface area contributed by atoms with Gasteiger partial charge in [-0.3, -0.25) is 0 Å². The lowest BCUT2D eigenvalue weighted by molar-refractivity contribution is 0.575. The number of benzene rings is 1. The topological polar surface area (TPSA) is 35.8 Å². The number of nitriles is 1. The van der Waals surface area contributed by atoms with Gasteiger partial charge in [-0.1, -0.05) is 13.8 Å². The molecule has 0 heterocycles. The lowest BCUT2D eigenvalue weighted by Crippen LogP contribution is -2.31. The Morgan fingerprint density at radius 2 is 2.00 bits per heavy atom. The molecule has 0 aliphatic rings. The van der Waals surface area contributed by atoms with Crippen LogP contribution in [0.3, 0.4) is 0 Å². The average molecular weight is 262 g/mol. The van der Waals surface area contributed by atoms with Gasteiger partial charge in [0.2, 0.25) is 0 Å². The van der Waals surface area contributed by atoms with E-state index < -0.39 is 0 Å². The predicted molar refractivity (Wildman–Crippen MR) is 81.2 cm³/mol. The summed E-state index contributed by atoms with van der Waals surface area (Å²) in [4.78, 5) is 0. The van der Waals surface area contributed by atoms with Crippen molar-refractivity contribution in [1.29, 1.82) is 5.26 Å². The molecule has 0 aromatic heterocycles. The summed E-state index contributed by atoms with van der Waals surface area (Å²) in [6.45, 7) is 7.43. The molecule has 0 aliphatic heterocycles. The van der Waals surface area contributed by atoms with Gasteiger partial charge in [-0.2, -0.15) is 17.0 Å². The highest BCUT2D eigenvalue weighted by atomic mass is 32.2. The van der Waals surface area contributed by atoms with Gasteiger partial charge in [-0.05, 0) is 49.8 Å². The molecule has 98 valence electrons. The van der Waals surface area contributed by atoms with Crippen molar-refractivity contribution in [1.82, 2.24) is 0 Å². The molecule has 0 atom stereocenters. The Labute approximate surface area is 115 Å². The van der Waals surface area contributed by atoms with Crippen molar-refractivity contribution in [2.75, 3.05) is 18.1 Å². The van der Waals surface area contributed by atoms with Gasteiger partial charge in [0.05, 0.1) is 11.6 Å².